The zero-order valence-electron chi connectivity index (χ0n) is 11.7. The van der Waals surface area contributed by atoms with Gasteiger partial charge in [-0.1, -0.05) is 24.3 Å². The van der Waals surface area contributed by atoms with Crippen molar-refractivity contribution >= 4 is 0 Å². The number of hydrogen-bond acceptors (Lipinski definition) is 2. The van der Waals surface area contributed by atoms with Gasteiger partial charge < -0.3 is 5.32 Å². The second-order valence-corrected chi connectivity index (χ2v) is 5.32. The summed E-state index contributed by atoms with van der Waals surface area (Å²) in [7, 11) is 0. The fourth-order valence-corrected chi connectivity index (χ4v) is 2.93. The molecule has 0 amide bonds. The van der Waals surface area contributed by atoms with Crippen molar-refractivity contribution in [1.29, 1.82) is 0 Å². The van der Waals surface area contributed by atoms with Crippen LogP contribution in [0.3, 0.4) is 0 Å². The molecule has 100 valence electrons. The molecule has 3 nitrogen and oxygen atoms in total. The predicted octanol–water partition coefficient (Wildman–Crippen LogP) is 2.64. The van der Waals surface area contributed by atoms with E-state index >= 15 is 0 Å². The van der Waals surface area contributed by atoms with Gasteiger partial charge in [-0.05, 0) is 37.5 Å². The molecule has 1 aromatic heterocycles. The maximum Gasteiger partial charge on any atom is 0.0597 e. The summed E-state index contributed by atoms with van der Waals surface area (Å²) in [4.78, 5) is 0. The average Bonchev–Trinajstić information content (AvgIpc) is 2.75. The lowest BCUT2D eigenvalue weighted by molar-refractivity contribution is 0.515. The summed E-state index contributed by atoms with van der Waals surface area (Å²) in [6.07, 6.45) is 1.22. The number of nitrogens with zero attached hydrogens (tertiary/aromatic N) is 2. The number of rotatable bonds is 5. The van der Waals surface area contributed by atoms with Crippen molar-refractivity contribution in [3.8, 4) is 0 Å². The molecule has 1 aromatic carbocycles. The first kappa shape index (κ1) is 12.4. The summed E-state index contributed by atoms with van der Waals surface area (Å²) in [5.74, 6) is 0.690. The Kier molecular flexibility index (Phi) is 3.38. The van der Waals surface area contributed by atoms with Crippen LogP contribution in [0.5, 0.6) is 0 Å². The number of benzene rings is 1. The summed E-state index contributed by atoms with van der Waals surface area (Å²) >= 11 is 0. The van der Waals surface area contributed by atoms with Crippen LogP contribution in [0.4, 0.5) is 0 Å². The monoisotopic (exact) mass is 255 g/mol. The highest BCUT2D eigenvalue weighted by Crippen LogP contribution is 2.33. The molecular formula is C16H21N3. The molecule has 0 saturated heterocycles. The highest BCUT2D eigenvalue weighted by atomic mass is 15.3. The maximum atomic E-state index is 4.47. The maximum absolute atomic E-state index is 4.47. The Morgan fingerprint density at radius 1 is 1.37 bits per heavy atom. The molecule has 0 saturated carbocycles. The van der Waals surface area contributed by atoms with Crippen LogP contribution >= 0.6 is 0 Å². The van der Waals surface area contributed by atoms with Crippen LogP contribution in [-0.2, 0) is 19.5 Å². The molecule has 1 aliphatic carbocycles. The Bertz CT molecular complexity index is 571. The van der Waals surface area contributed by atoms with Gasteiger partial charge in [-0.3, -0.25) is 4.68 Å². The highest BCUT2D eigenvalue weighted by molar-refractivity contribution is 5.40. The van der Waals surface area contributed by atoms with Crippen LogP contribution in [-0.4, -0.2) is 16.3 Å². The first-order chi connectivity index (χ1) is 9.28. The average molecular weight is 255 g/mol. The van der Waals surface area contributed by atoms with Gasteiger partial charge in [-0.25, -0.2) is 0 Å². The molecule has 1 N–H and O–H groups in total. The third kappa shape index (κ3) is 2.43. The van der Waals surface area contributed by atoms with Crippen LogP contribution in [0, 0.1) is 6.92 Å². The molecule has 3 rings (SSSR count). The second-order valence-electron chi connectivity index (χ2n) is 5.32. The zero-order valence-corrected chi connectivity index (χ0v) is 11.7. The fourth-order valence-electron chi connectivity index (χ4n) is 2.93. The van der Waals surface area contributed by atoms with Gasteiger partial charge in [0.1, 0.15) is 0 Å². The van der Waals surface area contributed by atoms with E-state index in [2.05, 4.69) is 59.3 Å². The van der Waals surface area contributed by atoms with Gasteiger partial charge in [-0.2, -0.15) is 5.10 Å². The van der Waals surface area contributed by atoms with Crippen LogP contribution in [0.25, 0.3) is 0 Å². The molecule has 1 unspecified atom stereocenters. The summed E-state index contributed by atoms with van der Waals surface area (Å²) in [5.41, 5.74) is 5.43. The van der Waals surface area contributed by atoms with E-state index < -0.39 is 0 Å². The van der Waals surface area contributed by atoms with Crippen molar-refractivity contribution in [2.24, 2.45) is 0 Å². The zero-order chi connectivity index (χ0) is 13.2. The van der Waals surface area contributed by atoms with Crippen LogP contribution in [0.15, 0.2) is 30.3 Å². The first-order valence-electron chi connectivity index (χ1n) is 7.09. The third-order valence-electron chi connectivity index (χ3n) is 3.94. The molecule has 0 fully saturated rings. The molecule has 1 atom stereocenters. The number of nitrogens with one attached hydrogen (secondary N) is 1. The smallest absolute Gasteiger partial charge is 0.0597 e. The van der Waals surface area contributed by atoms with Crippen molar-refractivity contribution in [2.45, 2.75) is 39.3 Å². The Morgan fingerprint density at radius 3 is 3.00 bits per heavy atom. The largest absolute Gasteiger partial charge is 0.311 e. The van der Waals surface area contributed by atoms with Crippen LogP contribution < -0.4 is 5.32 Å². The summed E-state index contributed by atoms with van der Waals surface area (Å²) < 4.78 is 2.08. The van der Waals surface area contributed by atoms with Crippen LogP contribution in [0.2, 0.25) is 0 Å². The van der Waals surface area contributed by atoms with Crippen molar-refractivity contribution in [3.05, 3.63) is 52.8 Å². The Morgan fingerprint density at radius 2 is 2.21 bits per heavy atom. The van der Waals surface area contributed by atoms with Crippen molar-refractivity contribution < 1.29 is 0 Å². The van der Waals surface area contributed by atoms with E-state index in [-0.39, 0.29) is 0 Å². The summed E-state index contributed by atoms with van der Waals surface area (Å²) in [5, 5.41) is 8.05. The second kappa shape index (κ2) is 5.17. The summed E-state index contributed by atoms with van der Waals surface area (Å²) in [6.45, 7) is 7.10. The minimum Gasteiger partial charge on any atom is -0.311 e. The normalized spacial score (nSPS) is 17.1. The summed E-state index contributed by atoms with van der Waals surface area (Å²) in [6, 6.07) is 10.9. The first-order valence-corrected chi connectivity index (χ1v) is 7.09. The molecule has 0 aliphatic heterocycles. The van der Waals surface area contributed by atoms with Gasteiger partial charge in [0.25, 0.3) is 0 Å². The molecule has 2 aromatic rings. The van der Waals surface area contributed by atoms with E-state index in [1.165, 1.54) is 23.2 Å². The van der Waals surface area contributed by atoms with E-state index in [0.29, 0.717) is 5.92 Å². The molecule has 19 heavy (non-hydrogen) atoms. The van der Waals surface area contributed by atoms with Gasteiger partial charge in [0.15, 0.2) is 0 Å². The van der Waals surface area contributed by atoms with Gasteiger partial charge in [0, 0.05) is 25.6 Å². The standard InChI is InChI=1S/C16H21N3/c1-3-19-15(8-12(2)18-19)11-17-10-14-9-13-6-4-5-7-16(13)14/h4-8,14,17H,3,9-11H2,1-2H3. The Hall–Kier alpha value is -1.61. The minimum absolute atomic E-state index is 0.690. The minimum atomic E-state index is 0.690. The van der Waals surface area contributed by atoms with E-state index in [1.54, 1.807) is 0 Å². The Balaban J connectivity index is 1.55. The molecular weight excluding hydrogens is 234 g/mol. The molecule has 0 bridgehead atoms. The van der Waals surface area contributed by atoms with Crippen molar-refractivity contribution in [2.75, 3.05) is 6.54 Å². The van der Waals surface area contributed by atoms with Crippen molar-refractivity contribution in [1.82, 2.24) is 15.1 Å². The van der Waals surface area contributed by atoms with Gasteiger partial charge in [0.05, 0.1) is 11.4 Å². The molecule has 0 spiro atoms. The third-order valence-corrected chi connectivity index (χ3v) is 3.94. The topological polar surface area (TPSA) is 29.9 Å². The number of fused-ring (bicyclic) bond motifs is 1. The fraction of sp³-hybridized carbons (Fsp3) is 0.438. The number of aryl methyl sites for hydroxylation is 2. The molecule has 1 aliphatic rings. The lowest BCUT2D eigenvalue weighted by Gasteiger charge is -2.30. The van der Waals surface area contributed by atoms with Gasteiger partial charge in [0.2, 0.25) is 0 Å². The Labute approximate surface area is 114 Å². The molecule has 0 radical (unpaired) electrons. The number of hydrogen-bond donors (Lipinski definition) is 1. The van der Waals surface area contributed by atoms with E-state index in [1.807, 2.05) is 0 Å². The van der Waals surface area contributed by atoms with Crippen LogP contribution in [0.1, 0.15) is 35.4 Å². The lowest BCUT2D eigenvalue weighted by Crippen LogP contribution is -2.29. The SMILES string of the molecule is CCn1nc(C)cc1CNCC1Cc2ccccc21. The van der Waals surface area contributed by atoms with E-state index in [9.17, 15) is 0 Å². The van der Waals surface area contributed by atoms with Gasteiger partial charge >= 0.3 is 0 Å². The quantitative estimate of drug-likeness (QED) is 0.890. The molecule has 3 heteroatoms. The predicted molar refractivity (Wildman–Crippen MR) is 77.2 cm³/mol. The van der Waals surface area contributed by atoms with E-state index in [0.717, 1.165) is 25.3 Å². The molecule has 1 heterocycles. The number of aromatic nitrogens is 2. The van der Waals surface area contributed by atoms with Crippen molar-refractivity contribution in [3.63, 3.8) is 0 Å². The van der Waals surface area contributed by atoms with E-state index in [4.69, 9.17) is 0 Å². The van der Waals surface area contributed by atoms with Gasteiger partial charge in [-0.15, -0.1) is 0 Å². The highest BCUT2D eigenvalue weighted by Gasteiger charge is 2.24. The lowest BCUT2D eigenvalue weighted by atomic mass is 9.77.